The molecule has 1 aromatic carbocycles. The number of nitrogens with zero attached hydrogens (tertiary/aromatic N) is 6. The van der Waals surface area contributed by atoms with Crippen LogP contribution in [0.3, 0.4) is 0 Å². The van der Waals surface area contributed by atoms with E-state index in [0.29, 0.717) is 13.2 Å². The molecule has 24 heavy (non-hydrogen) atoms. The Balaban J connectivity index is 1.49. The van der Waals surface area contributed by atoms with Gasteiger partial charge in [0.1, 0.15) is 11.1 Å². The maximum atomic E-state index is 5.89. The summed E-state index contributed by atoms with van der Waals surface area (Å²) in [5, 5.41) is 15.3. The molecule has 0 aliphatic carbocycles. The molecule has 3 heterocycles. The van der Waals surface area contributed by atoms with Gasteiger partial charge < -0.3 is 4.74 Å². The number of hydrogen-bond acceptors (Lipinski definition) is 7. The average Bonchev–Trinajstić information content (AvgIpc) is 3.25. The summed E-state index contributed by atoms with van der Waals surface area (Å²) in [6.07, 6.45) is 0.0264. The molecule has 1 saturated heterocycles. The lowest BCUT2D eigenvalue weighted by Crippen LogP contribution is -2.38. The zero-order chi connectivity index (χ0) is 16.4. The largest absolute Gasteiger partial charge is 0.368 e. The highest BCUT2D eigenvalue weighted by atomic mass is 32.1. The van der Waals surface area contributed by atoms with E-state index in [2.05, 4.69) is 30.8 Å². The van der Waals surface area contributed by atoms with Crippen LogP contribution in [-0.4, -0.2) is 49.8 Å². The van der Waals surface area contributed by atoms with Gasteiger partial charge in [0.2, 0.25) is 0 Å². The Morgan fingerprint density at radius 3 is 2.96 bits per heavy atom. The second-order valence-corrected chi connectivity index (χ2v) is 6.65. The first-order chi connectivity index (χ1) is 11.8. The summed E-state index contributed by atoms with van der Waals surface area (Å²) in [7, 11) is 0. The fourth-order valence-electron chi connectivity index (χ4n) is 2.79. The third-order valence-corrected chi connectivity index (χ3v) is 5.02. The number of thiazole rings is 1. The number of aromatic nitrogens is 5. The lowest BCUT2D eigenvalue weighted by atomic mass is 10.2. The highest BCUT2D eigenvalue weighted by Crippen LogP contribution is 2.25. The van der Waals surface area contributed by atoms with Crippen LogP contribution in [0.5, 0.6) is 0 Å². The number of aryl methyl sites for hydroxylation is 1. The van der Waals surface area contributed by atoms with Crippen LogP contribution in [0, 0.1) is 6.92 Å². The van der Waals surface area contributed by atoms with E-state index in [1.165, 1.54) is 0 Å². The molecule has 0 bridgehead atoms. The van der Waals surface area contributed by atoms with Crippen LogP contribution < -0.4 is 0 Å². The number of rotatable bonds is 4. The summed E-state index contributed by atoms with van der Waals surface area (Å²) in [6, 6.07) is 9.95. The van der Waals surface area contributed by atoms with E-state index in [0.717, 1.165) is 35.3 Å². The molecule has 0 saturated carbocycles. The van der Waals surface area contributed by atoms with Crippen molar-refractivity contribution in [2.45, 2.75) is 19.6 Å². The molecular formula is C16H18N6OS. The lowest BCUT2D eigenvalue weighted by molar-refractivity contribution is -0.0339. The summed E-state index contributed by atoms with van der Waals surface area (Å²) in [6.45, 7) is 5.05. The Bertz CT molecular complexity index is 802. The Morgan fingerprint density at radius 1 is 1.29 bits per heavy atom. The van der Waals surface area contributed by atoms with Gasteiger partial charge in [0.25, 0.3) is 0 Å². The van der Waals surface area contributed by atoms with Crippen LogP contribution in [0.1, 0.15) is 22.6 Å². The zero-order valence-electron chi connectivity index (χ0n) is 13.4. The number of tetrazole rings is 1. The Labute approximate surface area is 143 Å². The van der Waals surface area contributed by atoms with Crippen LogP contribution in [0.25, 0.3) is 5.69 Å². The predicted octanol–water partition coefficient (Wildman–Crippen LogP) is 2.00. The zero-order valence-corrected chi connectivity index (χ0v) is 14.2. The third kappa shape index (κ3) is 3.21. The van der Waals surface area contributed by atoms with Crippen molar-refractivity contribution in [3.8, 4) is 5.69 Å². The molecule has 7 nitrogen and oxygen atoms in total. The molecule has 3 aromatic rings. The van der Waals surface area contributed by atoms with Crippen molar-refractivity contribution in [1.82, 2.24) is 30.1 Å². The molecule has 1 atom stereocenters. The summed E-state index contributed by atoms with van der Waals surface area (Å²) in [4.78, 5) is 6.87. The van der Waals surface area contributed by atoms with Gasteiger partial charge in [0.15, 0.2) is 5.82 Å². The predicted molar refractivity (Wildman–Crippen MR) is 90.0 cm³/mol. The van der Waals surface area contributed by atoms with Crippen LogP contribution in [-0.2, 0) is 11.3 Å². The molecule has 1 aliphatic rings. The van der Waals surface area contributed by atoms with Crippen LogP contribution in [0.2, 0.25) is 0 Å². The van der Waals surface area contributed by atoms with Gasteiger partial charge in [-0.3, -0.25) is 4.90 Å². The van der Waals surface area contributed by atoms with Crippen molar-refractivity contribution in [2.24, 2.45) is 0 Å². The molecule has 0 N–H and O–H groups in total. The maximum absolute atomic E-state index is 5.89. The molecule has 1 aliphatic heterocycles. The van der Waals surface area contributed by atoms with Gasteiger partial charge in [-0.15, -0.1) is 16.4 Å². The quantitative estimate of drug-likeness (QED) is 0.722. The van der Waals surface area contributed by atoms with E-state index in [1.54, 1.807) is 16.0 Å². The summed E-state index contributed by atoms with van der Waals surface area (Å²) < 4.78 is 7.68. The summed E-state index contributed by atoms with van der Waals surface area (Å²) >= 11 is 1.66. The first-order valence-corrected chi connectivity index (χ1v) is 8.76. The van der Waals surface area contributed by atoms with Gasteiger partial charge in [0, 0.05) is 24.2 Å². The average molecular weight is 342 g/mol. The van der Waals surface area contributed by atoms with E-state index < -0.39 is 0 Å². The first-order valence-electron chi connectivity index (χ1n) is 7.88. The van der Waals surface area contributed by atoms with Gasteiger partial charge in [-0.1, -0.05) is 18.2 Å². The smallest absolute Gasteiger partial charge is 0.170 e. The van der Waals surface area contributed by atoms with Gasteiger partial charge >= 0.3 is 0 Å². The molecule has 4 rings (SSSR count). The van der Waals surface area contributed by atoms with E-state index in [9.17, 15) is 0 Å². The standard InChI is InChI=1S/C16H18N6OS/c1-12-11-24-16(17-12)14-9-21(7-8-23-14)10-15-18-19-20-22(15)13-5-3-2-4-6-13/h2-6,11,14H,7-10H2,1H3. The van der Waals surface area contributed by atoms with Crippen molar-refractivity contribution in [3.63, 3.8) is 0 Å². The number of benzene rings is 1. The molecule has 0 radical (unpaired) electrons. The molecule has 1 unspecified atom stereocenters. The minimum absolute atomic E-state index is 0.0264. The molecule has 8 heteroatoms. The molecule has 0 spiro atoms. The van der Waals surface area contributed by atoms with Crippen molar-refractivity contribution in [3.05, 3.63) is 52.2 Å². The summed E-state index contributed by atoms with van der Waals surface area (Å²) in [5.41, 5.74) is 2.02. The number of para-hydroxylation sites is 1. The second kappa shape index (κ2) is 6.76. The molecule has 0 amide bonds. The molecule has 124 valence electrons. The second-order valence-electron chi connectivity index (χ2n) is 5.76. The van der Waals surface area contributed by atoms with Crippen LogP contribution in [0.15, 0.2) is 35.7 Å². The Morgan fingerprint density at radius 2 is 2.17 bits per heavy atom. The van der Waals surface area contributed by atoms with E-state index in [-0.39, 0.29) is 6.10 Å². The minimum atomic E-state index is 0.0264. The van der Waals surface area contributed by atoms with Gasteiger partial charge in [0.05, 0.1) is 18.8 Å². The topological polar surface area (TPSA) is 69.0 Å². The van der Waals surface area contributed by atoms with Gasteiger partial charge in [-0.05, 0) is 29.5 Å². The Kier molecular flexibility index (Phi) is 4.33. The maximum Gasteiger partial charge on any atom is 0.170 e. The Hall–Kier alpha value is -2.16. The number of ether oxygens (including phenoxy) is 1. The van der Waals surface area contributed by atoms with Gasteiger partial charge in [-0.25, -0.2) is 4.98 Å². The van der Waals surface area contributed by atoms with Gasteiger partial charge in [-0.2, -0.15) is 4.68 Å². The van der Waals surface area contributed by atoms with E-state index in [1.807, 2.05) is 37.3 Å². The van der Waals surface area contributed by atoms with Crippen LogP contribution in [0.4, 0.5) is 0 Å². The fraction of sp³-hybridized carbons (Fsp3) is 0.375. The SMILES string of the molecule is Cc1csc(C2CN(Cc3nnnn3-c3ccccc3)CCO2)n1. The van der Waals surface area contributed by atoms with Crippen molar-refractivity contribution < 1.29 is 4.74 Å². The van der Waals surface area contributed by atoms with Crippen molar-refractivity contribution >= 4 is 11.3 Å². The normalized spacial score (nSPS) is 18.8. The lowest BCUT2D eigenvalue weighted by Gasteiger charge is -2.31. The van der Waals surface area contributed by atoms with E-state index in [4.69, 9.17) is 4.74 Å². The van der Waals surface area contributed by atoms with Crippen LogP contribution >= 0.6 is 11.3 Å². The fourth-order valence-corrected chi connectivity index (χ4v) is 3.62. The number of hydrogen-bond donors (Lipinski definition) is 0. The first kappa shape index (κ1) is 15.4. The summed E-state index contributed by atoms with van der Waals surface area (Å²) in [5.74, 6) is 0.831. The monoisotopic (exact) mass is 342 g/mol. The highest BCUT2D eigenvalue weighted by molar-refractivity contribution is 7.09. The van der Waals surface area contributed by atoms with Crippen molar-refractivity contribution in [1.29, 1.82) is 0 Å². The number of morpholine rings is 1. The van der Waals surface area contributed by atoms with E-state index >= 15 is 0 Å². The molecule has 2 aromatic heterocycles. The third-order valence-electron chi connectivity index (χ3n) is 3.96. The van der Waals surface area contributed by atoms with Crippen molar-refractivity contribution in [2.75, 3.05) is 19.7 Å². The minimum Gasteiger partial charge on any atom is -0.368 e. The molecular weight excluding hydrogens is 324 g/mol. The highest BCUT2D eigenvalue weighted by Gasteiger charge is 2.25. The molecule has 1 fully saturated rings.